The number of ether oxygens (including phenoxy) is 2. The number of rotatable bonds is 8. The van der Waals surface area contributed by atoms with Crippen LogP contribution in [0.4, 0.5) is 11.5 Å². The molecule has 118 valence electrons. The minimum Gasteiger partial charge on any atom is -0.476 e. The van der Waals surface area contributed by atoms with Gasteiger partial charge in [0.1, 0.15) is 12.3 Å². The maximum absolute atomic E-state index is 6.16. The van der Waals surface area contributed by atoms with Crippen LogP contribution >= 0.6 is 0 Å². The van der Waals surface area contributed by atoms with Gasteiger partial charge in [-0.2, -0.15) is 4.98 Å². The van der Waals surface area contributed by atoms with Crippen LogP contribution in [-0.4, -0.2) is 29.7 Å². The smallest absolute Gasteiger partial charge is 0.242 e. The number of hydrogen-bond acceptors (Lipinski definition) is 6. The molecule has 0 aromatic carbocycles. The Balaban J connectivity index is 2.15. The Kier molecular flexibility index (Phi) is 6.04. The Morgan fingerprint density at radius 1 is 1.29 bits per heavy atom. The van der Waals surface area contributed by atoms with Crippen molar-refractivity contribution < 1.29 is 9.47 Å². The number of anilines is 2. The van der Waals surface area contributed by atoms with E-state index in [1.54, 1.807) is 7.11 Å². The lowest BCUT2D eigenvalue weighted by Crippen LogP contribution is -2.19. The van der Waals surface area contributed by atoms with Crippen LogP contribution in [0.25, 0.3) is 0 Å². The van der Waals surface area contributed by atoms with E-state index in [9.17, 15) is 0 Å². The summed E-state index contributed by atoms with van der Waals surface area (Å²) in [5.41, 5.74) is 6.65. The van der Waals surface area contributed by atoms with Gasteiger partial charge in [0.05, 0.1) is 6.61 Å². The number of nitrogen functional groups attached to an aromatic ring is 1. The zero-order valence-electron chi connectivity index (χ0n) is 13.0. The minimum atomic E-state index is 0.351. The maximum atomic E-state index is 6.16. The largest absolute Gasteiger partial charge is 0.476 e. The first-order valence-electron chi connectivity index (χ1n) is 7.79. The SMILES string of the molecule is CCCCOc1nc(COC)nc(NC2CCCC2)c1N. The predicted molar refractivity (Wildman–Crippen MR) is 83.4 cm³/mol. The van der Waals surface area contributed by atoms with E-state index in [0.717, 1.165) is 25.7 Å². The maximum Gasteiger partial charge on any atom is 0.242 e. The van der Waals surface area contributed by atoms with E-state index in [2.05, 4.69) is 22.2 Å². The van der Waals surface area contributed by atoms with Crippen LogP contribution in [0.5, 0.6) is 5.88 Å². The molecule has 0 atom stereocenters. The minimum absolute atomic E-state index is 0.351. The lowest BCUT2D eigenvalue weighted by atomic mass is 10.2. The normalized spacial score (nSPS) is 15.3. The Labute approximate surface area is 126 Å². The molecule has 1 aliphatic rings. The first-order chi connectivity index (χ1) is 10.2. The molecular formula is C15H26N4O2. The number of nitrogens with one attached hydrogen (secondary N) is 1. The molecule has 0 spiro atoms. The summed E-state index contributed by atoms with van der Waals surface area (Å²) in [6, 6.07) is 0.445. The molecule has 1 aromatic heterocycles. The molecule has 6 heteroatoms. The number of aromatic nitrogens is 2. The molecule has 1 aliphatic carbocycles. The molecule has 21 heavy (non-hydrogen) atoms. The van der Waals surface area contributed by atoms with Crippen molar-refractivity contribution in [3.05, 3.63) is 5.82 Å². The van der Waals surface area contributed by atoms with Gasteiger partial charge in [-0.3, -0.25) is 0 Å². The molecule has 2 rings (SSSR count). The van der Waals surface area contributed by atoms with Gasteiger partial charge in [0.15, 0.2) is 11.6 Å². The van der Waals surface area contributed by atoms with Crippen molar-refractivity contribution in [3.8, 4) is 5.88 Å². The Morgan fingerprint density at radius 2 is 2.05 bits per heavy atom. The van der Waals surface area contributed by atoms with E-state index in [1.165, 1.54) is 12.8 Å². The molecule has 1 heterocycles. The monoisotopic (exact) mass is 294 g/mol. The molecule has 1 fully saturated rings. The summed E-state index contributed by atoms with van der Waals surface area (Å²) < 4.78 is 10.8. The molecule has 1 aromatic rings. The average molecular weight is 294 g/mol. The highest BCUT2D eigenvalue weighted by atomic mass is 16.5. The quantitative estimate of drug-likeness (QED) is 0.717. The predicted octanol–water partition coefficient (Wildman–Crippen LogP) is 2.74. The van der Waals surface area contributed by atoms with Crippen LogP contribution in [0.2, 0.25) is 0 Å². The highest BCUT2D eigenvalue weighted by molar-refractivity contribution is 5.67. The molecule has 0 aliphatic heterocycles. The van der Waals surface area contributed by atoms with Gasteiger partial charge in [-0.25, -0.2) is 4.98 Å². The van der Waals surface area contributed by atoms with Crippen LogP contribution in [-0.2, 0) is 11.3 Å². The highest BCUT2D eigenvalue weighted by Gasteiger charge is 2.19. The lowest BCUT2D eigenvalue weighted by molar-refractivity contribution is 0.176. The Morgan fingerprint density at radius 3 is 2.71 bits per heavy atom. The van der Waals surface area contributed by atoms with E-state index in [4.69, 9.17) is 15.2 Å². The van der Waals surface area contributed by atoms with Crippen molar-refractivity contribution in [3.63, 3.8) is 0 Å². The zero-order valence-corrected chi connectivity index (χ0v) is 13.0. The molecule has 0 amide bonds. The summed E-state index contributed by atoms with van der Waals surface area (Å²) >= 11 is 0. The molecule has 0 unspecified atom stereocenters. The summed E-state index contributed by atoms with van der Waals surface area (Å²) in [6.07, 6.45) is 6.89. The van der Waals surface area contributed by atoms with Crippen LogP contribution in [0, 0.1) is 0 Å². The van der Waals surface area contributed by atoms with Crippen molar-refractivity contribution in [1.82, 2.24) is 9.97 Å². The van der Waals surface area contributed by atoms with E-state index >= 15 is 0 Å². The van der Waals surface area contributed by atoms with Crippen molar-refractivity contribution in [1.29, 1.82) is 0 Å². The van der Waals surface area contributed by atoms with Crippen LogP contribution < -0.4 is 15.8 Å². The number of hydrogen-bond donors (Lipinski definition) is 2. The summed E-state index contributed by atoms with van der Waals surface area (Å²) in [6.45, 7) is 3.09. The average Bonchev–Trinajstić information content (AvgIpc) is 2.97. The molecule has 0 bridgehead atoms. The molecule has 6 nitrogen and oxygen atoms in total. The fourth-order valence-corrected chi connectivity index (χ4v) is 2.48. The fraction of sp³-hybridized carbons (Fsp3) is 0.733. The summed E-state index contributed by atoms with van der Waals surface area (Å²) in [4.78, 5) is 8.81. The van der Waals surface area contributed by atoms with Crippen LogP contribution in [0.15, 0.2) is 0 Å². The van der Waals surface area contributed by atoms with Gasteiger partial charge in [0.2, 0.25) is 5.88 Å². The van der Waals surface area contributed by atoms with Gasteiger partial charge < -0.3 is 20.5 Å². The second-order valence-electron chi connectivity index (χ2n) is 5.47. The van der Waals surface area contributed by atoms with E-state index in [-0.39, 0.29) is 0 Å². The van der Waals surface area contributed by atoms with E-state index in [0.29, 0.717) is 42.5 Å². The van der Waals surface area contributed by atoms with Crippen molar-refractivity contribution in [2.45, 2.75) is 58.1 Å². The molecule has 1 saturated carbocycles. The first kappa shape index (κ1) is 15.8. The Bertz CT molecular complexity index is 448. The van der Waals surface area contributed by atoms with E-state index in [1.807, 2.05) is 0 Å². The third-order valence-electron chi connectivity index (χ3n) is 3.66. The molecule has 0 radical (unpaired) electrons. The fourth-order valence-electron chi connectivity index (χ4n) is 2.48. The number of nitrogens with zero attached hydrogens (tertiary/aromatic N) is 2. The molecule has 0 saturated heterocycles. The topological polar surface area (TPSA) is 82.3 Å². The van der Waals surface area contributed by atoms with Gasteiger partial charge >= 0.3 is 0 Å². The van der Waals surface area contributed by atoms with Gasteiger partial charge in [-0.15, -0.1) is 0 Å². The second kappa shape index (κ2) is 8.02. The van der Waals surface area contributed by atoms with Crippen LogP contribution in [0.3, 0.4) is 0 Å². The summed E-state index contributed by atoms with van der Waals surface area (Å²) in [5.74, 6) is 1.74. The van der Waals surface area contributed by atoms with Gasteiger partial charge in [-0.1, -0.05) is 26.2 Å². The third kappa shape index (κ3) is 4.46. The zero-order chi connectivity index (χ0) is 15.1. The molecular weight excluding hydrogens is 268 g/mol. The van der Waals surface area contributed by atoms with Crippen LogP contribution in [0.1, 0.15) is 51.3 Å². The Hall–Kier alpha value is -1.56. The van der Waals surface area contributed by atoms with Crippen molar-refractivity contribution in [2.24, 2.45) is 0 Å². The number of methoxy groups -OCH3 is 1. The standard InChI is InChI=1S/C15H26N4O2/c1-3-4-9-21-15-13(16)14(17-11-7-5-6-8-11)18-12(19-15)10-20-2/h11H,3-10,16H2,1-2H3,(H,17,18,19). The van der Waals surface area contributed by atoms with Gasteiger partial charge in [0.25, 0.3) is 0 Å². The number of unbranched alkanes of at least 4 members (excludes halogenated alkanes) is 1. The summed E-state index contributed by atoms with van der Waals surface area (Å²) in [5, 5.41) is 3.43. The van der Waals surface area contributed by atoms with Crippen molar-refractivity contribution in [2.75, 3.05) is 24.8 Å². The first-order valence-corrected chi connectivity index (χ1v) is 7.79. The summed E-state index contributed by atoms with van der Waals surface area (Å²) in [7, 11) is 1.63. The van der Waals surface area contributed by atoms with Gasteiger partial charge in [0, 0.05) is 13.2 Å². The van der Waals surface area contributed by atoms with Gasteiger partial charge in [-0.05, 0) is 19.3 Å². The van der Waals surface area contributed by atoms with E-state index < -0.39 is 0 Å². The second-order valence-corrected chi connectivity index (χ2v) is 5.47. The van der Waals surface area contributed by atoms with Crippen molar-refractivity contribution >= 4 is 11.5 Å². The number of nitrogens with two attached hydrogens (primary N) is 1. The molecule has 3 N–H and O–H groups in total. The lowest BCUT2D eigenvalue weighted by Gasteiger charge is -2.17. The third-order valence-corrected chi connectivity index (χ3v) is 3.66. The highest BCUT2D eigenvalue weighted by Crippen LogP contribution is 2.29.